The molecule has 0 amide bonds. The molecular weight excluding hydrogens is 371 g/mol. The molecule has 1 spiro atoms. The van der Waals surface area contributed by atoms with Gasteiger partial charge in [0.1, 0.15) is 5.82 Å². The van der Waals surface area contributed by atoms with Gasteiger partial charge in [-0.05, 0) is 56.6 Å². The molecule has 0 aliphatic carbocycles. The van der Waals surface area contributed by atoms with Crippen molar-refractivity contribution in [2.75, 3.05) is 39.8 Å². The molecular formula is C22H29FN4O2. The van der Waals surface area contributed by atoms with Crippen LogP contribution in [-0.4, -0.2) is 60.5 Å². The first-order valence-corrected chi connectivity index (χ1v) is 10.2. The summed E-state index contributed by atoms with van der Waals surface area (Å²) in [7, 11) is 1.40. The number of esters is 1. The molecule has 29 heavy (non-hydrogen) atoms. The maximum atomic E-state index is 14.5. The van der Waals surface area contributed by atoms with E-state index in [1.165, 1.54) is 25.7 Å². The van der Waals surface area contributed by atoms with Crippen molar-refractivity contribution in [3.63, 3.8) is 0 Å². The van der Waals surface area contributed by atoms with Gasteiger partial charge < -0.3 is 15.0 Å². The highest BCUT2D eigenvalue weighted by atomic mass is 19.1. The van der Waals surface area contributed by atoms with Crippen molar-refractivity contribution in [2.24, 2.45) is 5.41 Å². The van der Waals surface area contributed by atoms with E-state index in [4.69, 9.17) is 4.74 Å². The van der Waals surface area contributed by atoms with Crippen molar-refractivity contribution >= 4 is 5.97 Å². The van der Waals surface area contributed by atoms with E-state index in [1.807, 2.05) is 26.0 Å². The molecule has 0 saturated carbocycles. The summed E-state index contributed by atoms with van der Waals surface area (Å²) in [6.07, 6.45) is 1.44. The summed E-state index contributed by atoms with van der Waals surface area (Å²) < 4.78 is 21.2. The van der Waals surface area contributed by atoms with E-state index in [-0.39, 0.29) is 24.1 Å². The lowest BCUT2D eigenvalue weighted by Gasteiger charge is -2.49. The number of aromatic nitrogens is 2. The SMILES string of the molecule is COC(=O)C[C@H](CN1CC2(CCNC2)C1)c1cc(F)cc(-n2nc(C)cc2C)c1. The Morgan fingerprint density at radius 3 is 2.72 bits per heavy atom. The number of carbonyl (C=O) groups is 1. The topological polar surface area (TPSA) is 59.4 Å². The summed E-state index contributed by atoms with van der Waals surface area (Å²) in [5, 5.41) is 7.92. The fourth-order valence-electron chi connectivity index (χ4n) is 4.83. The zero-order chi connectivity index (χ0) is 20.6. The van der Waals surface area contributed by atoms with Crippen molar-refractivity contribution in [3.05, 3.63) is 47.0 Å². The number of rotatable bonds is 6. The summed E-state index contributed by atoms with van der Waals surface area (Å²) in [6.45, 7) is 8.78. The lowest BCUT2D eigenvalue weighted by atomic mass is 9.78. The molecule has 1 atom stereocenters. The Balaban J connectivity index is 1.58. The molecule has 2 saturated heterocycles. The Kier molecular flexibility index (Phi) is 5.44. The number of nitrogens with zero attached hydrogens (tertiary/aromatic N) is 3. The van der Waals surface area contributed by atoms with Crippen LogP contribution in [0.3, 0.4) is 0 Å². The lowest BCUT2D eigenvalue weighted by molar-refractivity contribution is -0.141. The second-order valence-corrected chi connectivity index (χ2v) is 8.66. The number of aryl methyl sites for hydroxylation is 2. The van der Waals surface area contributed by atoms with Gasteiger partial charge in [-0.15, -0.1) is 0 Å². The number of hydrogen-bond donors (Lipinski definition) is 1. The first-order chi connectivity index (χ1) is 13.9. The number of halogens is 1. The minimum Gasteiger partial charge on any atom is -0.469 e. The van der Waals surface area contributed by atoms with E-state index >= 15 is 0 Å². The zero-order valence-electron chi connectivity index (χ0n) is 17.4. The van der Waals surface area contributed by atoms with Crippen molar-refractivity contribution in [1.82, 2.24) is 20.0 Å². The van der Waals surface area contributed by atoms with Gasteiger partial charge in [0.2, 0.25) is 0 Å². The van der Waals surface area contributed by atoms with Crippen LogP contribution in [0.15, 0.2) is 24.3 Å². The van der Waals surface area contributed by atoms with E-state index in [0.717, 1.165) is 49.7 Å². The molecule has 1 aromatic carbocycles. The second kappa shape index (κ2) is 7.88. The van der Waals surface area contributed by atoms with Gasteiger partial charge in [0.25, 0.3) is 0 Å². The van der Waals surface area contributed by atoms with Crippen molar-refractivity contribution < 1.29 is 13.9 Å². The predicted octanol–water partition coefficient (Wildman–Crippen LogP) is 2.57. The number of hydrogen-bond acceptors (Lipinski definition) is 5. The van der Waals surface area contributed by atoms with Crippen LogP contribution in [0.2, 0.25) is 0 Å². The minimum absolute atomic E-state index is 0.124. The Hall–Kier alpha value is -2.25. The Bertz CT molecular complexity index is 896. The smallest absolute Gasteiger partial charge is 0.306 e. The summed E-state index contributed by atoms with van der Waals surface area (Å²) >= 11 is 0. The van der Waals surface area contributed by atoms with Gasteiger partial charge in [0.05, 0.1) is 24.9 Å². The highest BCUT2D eigenvalue weighted by Crippen LogP contribution is 2.38. The lowest BCUT2D eigenvalue weighted by Crippen LogP contribution is -2.58. The van der Waals surface area contributed by atoms with Crippen LogP contribution < -0.4 is 5.32 Å². The van der Waals surface area contributed by atoms with Gasteiger partial charge in [0, 0.05) is 43.2 Å². The van der Waals surface area contributed by atoms with Crippen LogP contribution in [0.1, 0.15) is 35.7 Å². The molecule has 2 aromatic rings. The molecule has 7 heteroatoms. The first-order valence-electron chi connectivity index (χ1n) is 10.2. The van der Waals surface area contributed by atoms with Crippen LogP contribution in [0, 0.1) is 25.1 Å². The summed E-state index contributed by atoms with van der Waals surface area (Å²) in [4.78, 5) is 14.4. The average molecular weight is 400 g/mol. The molecule has 2 aliphatic heterocycles. The quantitative estimate of drug-likeness (QED) is 0.756. The predicted molar refractivity (Wildman–Crippen MR) is 109 cm³/mol. The fourth-order valence-corrected chi connectivity index (χ4v) is 4.83. The number of methoxy groups -OCH3 is 1. The van der Waals surface area contributed by atoms with Gasteiger partial charge in [-0.3, -0.25) is 4.79 Å². The molecule has 2 aliphatic rings. The summed E-state index contributed by atoms with van der Waals surface area (Å²) in [5.74, 6) is -0.717. The molecule has 3 heterocycles. The van der Waals surface area contributed by atoms with Crippen molar-refractivity contribution in [3.8, 4) is 5.69 Å². The highest BCUT2D eigenvalue weighted by Gasteiger charge is 2.45. The van der Waals surface area contributed by atoms with Gasteiger partial charge in [-0.2, -0.15) is 5.10 Å². The minimum atomic E-state index is -0.319. The number of ether oxygens (including phenoxy) is 1. The third-order valence-corrected chi connectivity index (χ3v) is 6.20. The highest BCUT2D eigenvalue weighted by molar-refractivity contribution is 5.70. The molecule has 2 fully saturated rings. The number of nitrogens with one attached hydrogen (secondary N) is 1. The maximum absolute atomic E-state index is 14.5. The monoisotopic (exact) mass is 400 g/mol. The molecule has 156 valence electrons. The van der Waals surface area contributed by atoms with Crippen molar-refractivity contribution in [1.29, 1.82) is 0 Å². The van der Waals surface area contributed by atoms with Crippen LogP contribution in [0.4, 0.5) is 4.39 Å². The summed E-state index contributed by atoms with van der Waals surface area (Å²) in [5.41, 5.74) is 3.70. The standard InChI is InChI=1S/C22H29FN4O2/c1-15-6-16(2)27(25-15)20-8-17(7-19(23)10-20)18(9-21(28)29-3)11-26-13-22(14-26)4-5-24-12-22/h6-8,10,18,24H,4-5,9,11-14H2,1-3H3/t18-/m1/s1. The largest absolute Gasteiger partial charge is 0.469 e. The molecule has 0 radical (unpaired) electrons. The normalized spacial score (nSPS) is 19.3. The zero-order valence-corrected chi connectivity index (χ0v) is 17.4. The van der Waals surface area contributed by atoms with Crippen LogP contribution in [0.25, 0.3) is 5.69 Å². The van der Waals surface area contributed by atoms with Crippen LogP contribution >= 0.6 is 0 Å². The maximum Gasteiger partial charge on any atom is 0.306 e. The third kappa shape index (κ3) is 4.21. The first kappa shape index (κ1) is 20.0. The third-order valence-electron chi connectivity index (χ3n) is 6.20. The van der Waals surface area contributed by atoms with Crippen LogP contribution in [0.5, 0.6) is 0 Å². The van der Waals surface area contributed by atoms with E-state index in [1.54, 1.807) is 4.68 Å². The van der Waals surface area contributed by atoms with Crippen molar-refractivity contribution in [2.45, 2.75) is 32.6 Å². The van der Waals surface area contributed by atoms with Gasteiger partial charge in [0.15, 0.2) is 0 Å². The van der Waals surface area contributed by atoms with Gasteiger partial charge >= 0.3 is 5.97 Å². The molecule has 1 aromatic heterocycles. The van der Waals surface area contributed by atoms with E-state index < -0.39 is 0 Å². The molecule has 4 rings (SSSR count). The fraction of sp³-hybridized carbons (Fsp3) is 0.545. The average Bonchev–Trinajstić information content (AvgIpc) is 3.26. The van der Waals surface area contributed by atoms with Crippen LogP contribution in [-0.2, 0) is 9.53 Å². The summed E-state index contributed by atoms with van der Waals surface area (Å²) in [6, 6.07) is 6.94. The molecule has 6 nitrogen and oxygen atoms in total. The number of carbonyl (C=O) groups excluding carboxylic acids is 1. The second-order valence-electron chi connectivity index (χ2n) is 8.66. The van der Waals surface area contributed by atoms with E-state index in [0.29, 0.717) is 11.1 Å². The van der Waals surface area contributed by atoms with E-state index in [9.17, 15) is 9.18 Å². The Morgan fingerprint density at radius 2 is 2.10 bits per heavy atom. The molecule has 1 N–H and O–H groups in total. The number of likely N-dealkylation sites (tertiary alicyclic amines) is 1. The van der Waals surface area contributed by atoms with E-state index in [2.05, 4.69) is 15.3 Å². The van der Waals surface area contributed by atoms with Gasteiger partial charge in [-0.1, -0.05) is 0 Å². The molecule has 0 bridgehead atoms. The molecule has 0 unspecified atom stereocenters. The van der Waals surface area contributed by atoms with Gasteiger partial charge in [-0.25, -0.2) is 9.07 Å². The Labute approximate surface area is 171 Å². The Morgan fingerprint density at radius 1 is 1.31 bits per heavy atom. The number of benzene rings is 1.